The quantitative estimate of drug-likeness (QED) is 0.205. The number of hydrogen-bond acceptors (Lipinski definition) is 5. The van der Waals surface area contributed by atoms with E-state index in [9.17, 15) is 0 Å². The number of allylic oxidation sites excluding steroid dienone is 2. The second-order valence-corrected chi connectivity index (χ2v) is 10.5. The van der Waals surface area contributed by atoms with Gasteiger partial charge in [-0.1, -0.05) is 121 Å². The topological polar surface area (TPSA) is 63.9 Å². The summed E-state index contributed by atoms with van der Waals surface area (Å²) < 4.78 is 0. The summed E-state index contributed by atoms with van der Waals surface area (Å²) in [6.07, 6.45) is 6.83. The average Bonchev–Trinajstić information content (AvgIpc) is 3.34. The summed E-state index contributed by atoms with van der Waals surface area (Å²) in [4.78, 5) is 24.5. The van der Waals surface area contributed by atoms with Crippen LogP contribution in [0.2, 0.25) is 0 Å². The third kappa shape index (κ3) is 4.57. The third-order valence-corrected chi connectivity index (χ3v) is 7.80. The van der Waals surface area contributed by atoms with Crippen molar-refractivity contribution in [1.29, 1.82) is 0 Å². The summed E-state index contributed by atoms with van der Waals surface area (Å²) in [6.45, 7) is 0. The lowest BCUT2D eigenvalue weighted by Crippen LogP contribution is -2.00. The van der Waals surface area contributed by atoms with E-state index < -0.39 is 0 Å². The van der Waals surface area contributed by atoms with E-state index in [4.69, 9.17) is 24.9 Å². The Balaban J connectivity index is 1.29. The minimum Gasteiger partial charge on any atom is -0.254 e. The van der Waals surface area contributed by atoms with Gasteiger partial charge < -0.3 is 0 Å². The van der Waals surface area contributed by atoms with Gasteiger partial charge in [0.15, 0.2) is 17.5 Å². The Morgan fingerprint density at radius 2 is 1.05 bits per heavy atom. The number of fused-ring (bicyclic) bond motifs is 4. The van der Waals surface area contributed by atoms with Crippen molar-refractivity contribution in [2.24, 2.45) is 4.99 Å². The number of pyridine rings is 1. The highest BCUT2D eigenvalue weighted by Gasteiger charge is 2.17. The Labute approximate surface area is 249 Å². The van der Waals surface area contributed by atoms with E-state index in [0.29, 0.717) is 17.5 Å². The van der Waals surface area contributed by atoms with Crippen molar-refractivity contribution in [1.82, 2.24) is 19.9 Å². The summed E-state index contributed by atoms with van der Waals surface area (Å²) in [6, 6.07) is 41.3. The summed E-state index contributed by atoms with van der Waals surface area (Å²) in [5.74, 6) is 1.93. The molecule has 0 radical (unpaired) electrons. The second kappa shape index (κ2) is 10.5. The molecule has 0 fully saturated rings. The van der Waals surface area contributed by atoms with E-state index in [2.05, 4.69) is 60.7 Å². The molecule has 202 valence electrons. The molecule has 2 aromatic heterocycles. The highest BCUT2D eigenvalue weighted by molar-refractivity contribution is 6.12. The van der Waals surface area contributed by atoms with E-state index in [1.807, 2.05) is 79.0 Å². The molecule has 0 aliphatic carbocycles. The van der Waals surface area contributed by atoms with E-state index in [-0.39, 0.29) is 0 Å². The highest BCUT2D eigenvalue weighted by atomic mass is 15.0. The predicted molar refractivity (Wildman–Crippen MR) is 175 cm³/mol. The lowest BCUT2D eigenvalue weighted by Gasteiger charge is -2.15. The monoisotopic (exact) mass is 551 g/mol. The Morgan fingerprint density at radius 3 is 1.72 bits per heavy atom. The molecule has 7 aromatic rings. The number of benzene rings is 5. The molecule has 0 spiro atoms. The van der Waals surface area contributed by atoms with Gasteiger partial charge in [-0.2, -0.15) is 0 Å². The molecular weight excluding hydrogens is 526 g/mol. The maximum absolute atomic E-state index is 5.09. The van der Waals surface area contributed by atoms with Crippen molar-refractivity contribution in [3.63, 3.8) is 0 Å². The molecule has 1 aliphatic rings. The zero-order chi connectivity index (χ0) is 28.6. The van der Waals surface area contributed by atoms with E-state index in [0.717, 1.165) is 61.7 Å². The van der Waals surface area contributed by atoms with Crippen molar-refractivity contribution < 1.29 is 0 Å². The van der Waals surface area contributed by atoms with Crippen molar-refractivity contribution in [3.05, 3.63) is 139 Å². The minimum absolute atomic E-state index is 0.635. The molecule has 0 saturated heterocycles. The summed E-state index contributed by atoms with van der Waals surface area (Å²) >= 11 is 0. The van der Waals surface area contributed by atoms with E-state index in [1.165, 1.54) is 5.56 Å². The Hall–Kier alpha value is -5.81. The van der Waals surface area contributed by atoms with Crippen LogP contribution in [-0.4, -0.2) is 26.2 Å². The number of rotatable bonds is 4. The first-order valence-corrected chi connectivity index (χ1v) is 14.3. The predicted octanol–water partition coefficient (Wildman–Crippen LogP) is 9.06. The molecule has 0 amide bonds. The van der Waals surface area contributed by atoms with Crippen molar-refractivity contribution in [2.45, 2.75) is 6.42 Å². The van der Waals surface area contributed by atoms with Crippen LogP contribution in [0.25, 0.3) is 67.1 Å². The van der Waals surface area contributed by atoms with Gasteiger partial charge in [-0.25, -0.2) is 19.9 Å². The fourth-order valence-electron chi connectivity index (χ4n) is 5.70. The van der Waals surface area contributed by atoms with Gasteiger partial charge >= 0.3 is 0 Å². The van der Waals surface area contributed by atoms with Crippen molar-refractivity contribution >= 4 is 33.7 Å². The van der Waals surface area contributed by atoms with Crippen LogP contribution < -0.4 is 0 Å². The SMILES string of the molecule is C1=CCc2ccc3c(-c4ccc(-c5nc(-c6ccccc6)nc(-c6ccccc6)n5)cc4)c4ccccc4nc3c2N=C1. The van der Waals surface area contributed by atoms with Gasteiger partial charge in [0.05, 0.1) is 16.7 Å². The van der Waals surface area contributed by atoms with Crippen LogP contribution in [0.3, 0.4) is 0 Å². The Kier molecular flexibility index (Phi) is 6.12. The summed E-state index contributed by atoms with van der Waals surface area (Å²) in [5, 5.41) is 2.19. The van der Waals surface area contributed by atoms with E-state index >= 15 is 0 Å². The third-order valence-electron chi connectivity index (χ3n) is 7.80. The lowest BCUT2D eigenvalue weighted by atomic mass is 9.93. The van der Waals surface area contributed by atoms with Crippen molar-refractivity contribution in [3.8, 4) is 45.3 Å². The van der Waals surface area contributed by atoms with Gasteiger partial charge in [0.1, 0.15) is 0 Å². The first kappa shape index (κ1) is 24.9. The highest BCUT2D eigenvalue weighted by Crippen LogP contribution is 2.40. The standard InChI is InChI=1S/C38H25N5/c1-3-12-27(13-4-1)36-41-37(28-14-5-2-6-15-28)43-38(42-36)29-20-18-25(19-21-29)33-30-16-7-8-17-32(30)40-35-31(33)23-22-26-11-9-10-24-39-34(26)35/h1-10,12-24H,11H2. The van der Waals surface area contributed by atoms with Gasteiger partial charge in [0, 0.05) is 39.2 Å². The molecule has 5 heteroatoms. The first-order chi connectivity index (χ1) is 21.3. The number of aromatic nitrogens is 4. The first-order valence-electron chi connectivity index (χ1n) is 14.3. The largest absolute Gasteiger partial charge is 0.254 e. The molecule has 43 heavy (non-hydrogen) atoms. The minimum atomic E-state index is 0.635. The van der Waals surface area contributed by atoms with Gasteiger partial charge in [0.25, 0.3) is 0 Å². The van der Waals surface area contributed by atoms with Crippen LogP contribution in [0.4, 0.5) is 5.69 Å². The van der Waals surface area contributed by atoms with E-state index in [1.54, 1.807) is 0 Å². The smallest absolute Gasteiger partial charge is 0.164 e. The number of hydrogen-bond donors (Lipinski definition) is 0. The number of aliphatic imine (C=N–C) groups is 1. The fourth-order valence-corrected chi connectivity index (χ4v) is 5.70. The van der Waals surface area contributed by atoms with Gasteiger partial charge in [-0.15, -0.1) is 0 Å². The van der Waals surface area contributed by atoms with Crippen LogP contribution in [0.15, 0.2) is 138 Å². The molecule has 0 unspecified atom stereocenters. The lowest BCUT2D eigenvalue weighted by molar-refractivity contribution is 1.07. The van der Waals surface area contributed by atoms with Gasteiger partial charge in [-0.05, 0) is 29.7 Å². The zero-order valence-electron chi connectivity index (χ0n) is 23.2. The van der Waals surface area contributed by atoms with Crippen LogP contribution in [0.1, 0.15) is 5.56 Å². The second-order valence-electron chi connectivity index (χ2n) is 10.5. The molecule has 0 saturated carbocycles. The molecule has 0 atom stereocenters. The normalized spacial score (nSPS) is 12.4. The molecule has 1 aliphatic heterocycles. The fraction of sp³-hybridized carbons (Fsp3) is 0.0263. The van der Waals surface area contributed by atoms with Crippen LogP contribution in [0, 0.1) is 0 Å². The van der Waals surface area contributed by atoms with Crippen LogP contribution in [-0.2, 0) is 6.42 Å². The van der Waals surface area contributed by atoms with Crippen molar-refractivity contribution in [2.75, 3.05) is 0 Å². The summed E-state index contributed by atoms with van der Waals surface area (Å²) in [5.41, 5.74) is 9.07. The molecule has 3 heterocycles. The maximum Gasteiger partial charge on any atom is 0.164 e. The van der Waals surface area contributed by atoms with Gasteiger partial charge in [-0.3, -0.25) is 4.99 Å². The Morgan fingerprint density at radius 1 is 0.465 bits per heavy atom. The van der Waals surface area contributed by atoms with Crippen LogP contribution in [0.5, 0.6) is 0 Å². The number of nitrogens with zero attached hydrogens (tertiary/aromatic N) is 5. The molecule has 5 aromatic carbocycles. The zero-order valence-corrected chi connectivity index (χ0v) is 23.2. The molecule has 0 N–H and O–H groups in total. The molecule has 0 bridgehead atoms. The molecule has 8 rings (SSSR count). The van der Waals surface area contributed by atoms with Gasteiger partial charge in [0.2, 0.25) is 0 Å². The Bertz CT molecular complexity index is 2130. The number of para-hydroxylation sites is 1. The average molecular weight is 552 g/mol. The molecular formula is C38H25N5. The summed E-state index contributed by atoms with van der Waals surface area (Å²) in [7, 11) is 0. The van der Waals surface area contributed by atoms with Crippen LogP contribution >= 0.6 is 0 Å². The maximum atomic E-state index is 5.09. The molecule has 5 nitrogen and oxygen atoms in total.